The fraction of sp³-hybridized carbons (Fsp3) is 0.500. The van der Waals surface area contributed by atoms with Gasteiger partial charge in [-0.15, -0.1) is 0 Å². The molecule has 0 saturated carbocycles. The van der Waals surface area contributed by atoms with Crippen LogP contribution in [0, 0.1) is 6.92 Å². The zero-order valence-corrected chi connectivity index (χ0v) is 11.2. The van der Waals surface area contributed by atoms with Crippen LogP contribution in [0.3, 0.4) is 0 Å². The van der Waals surface area contributed by atoms with Gasteiger partial charge in [0.25, 0.3) is 0 Å². The predicted octanol–water partition coefficient (Wildman–Crippen LogP) is 1.85. The summed E-state index contributed by atoms with van der Waals surface area (Å²) < 4.78 is 25.9. The maximum Gasteiger partial charge on any atom is 0.235 e. The highest BCUT2D eigenvalue weighted by molar-refractivity contribution is 7.92. The number of aliphatic hydroxyl groups excluding tert-OH is 1. The van der Waals surface area contributed by atoms with Crippen molar-refractivity contribution in [3.8, 4) is 0 Å². The maximum absolute atomic E-state index is 11.7. The summed E-state index contributed by atoms with van der Waals surface area (Å²) in [7, 11) is -3.46. The first-order valence-corrected chi connectivity index (χ1v) is 7.23. The van der Waals surface area contributed by atoms with Crippen molar-refractivity contribution in [2.75, 3.05) is 17.1 Å². The predicted molar refractivity (Wildman–Crippen MR) is 69.8 cm³/mol. The highest BCUT2D eigenvalue weighted by atomic mass is 32.2. The third kappa shape index (κ3) is 3.71. The van der Waals surface area contributed by atoms with Crippen LogP contribution in [0.4, 0.5) is 5.69 Å². The lowest BCUT2D eigenvalue weighted by Gasteiger charge is -2.17. The first-order valence-electron chi connectivity index (χ1n) is 5.58. The van der Waals surface area contributed by atoms with E-state index in [-0.39, 0.29) is 18.3 Å². The lowest BCUT2D eigenvalue weighted by Crippen LogP contribution is -2.20. The second-order valence-corrected chi connectivity index (χ2v) is 6.18. The molecule has 0 aliphatic carbocycles. The van der Waals surface area contributed by atoms with Crippen molar-refractivity contribution in [2.24, 2.45) is 0 Å². The number of benzene rings is 1. The summed E-state index contributed by atoms with van der Waals surface area (Å²) in [6, 6.07) is 5.69. The molecule has 0 spiro atoms. The minimum absolute atomic E-state index is 0.238. The van der Waals surface area contributed by atoms with Gasteiger partial charge in [-0.25, -0.2) is 8.42 Å². The van der Waals surface area contributed by atoms with Crippen molar-refractivity contribution in [3.63, 3.8) is 0 Å². The number of hydrogen-bond donors (Lipinski definition) is 2. The quantitative estimate of drug-likeness (QED) is 0.846. The molecule has 0 aliphatic heterocycles. The number of aliphatic hydroxyl groups is 1. The Morgan fingerprint density at radius 3 is 2.53 bits per heavy atom. The van der Waals surface area contributed by atoms with Gasteiger partial charge in [-0.3, -0.25) is 4.72 Å². The molecule has 5 heteroatoms. The van der Waals surface area contributed by atoms with Gasteiger partial charge in [0.1, 0.15) is 0 Å². The molecule has 0 aromatic heterocycles. The van der Waals surface area contributed by atoms with E-state index in [1.165, 1.54) is 0 Å². The number of rotatable bonds is 5. The normalized spacial score (nSPS) is 11.8. The van der Waals surface area contributed by atoms with E-state index in [2.05, 4.69) is 4.72 Å². The summed E-state index contributed by atoms with van der Waals surface area (Å²) in [6.45, 7) is 5.51. The summed E-state index contributed by atoms with van der Waals surface area (Å²) in [6.07, 6.45) is 0. The van der Waals surface area contributed by atoms with E-state index in [9.17, 15) is 8.42 Å². The zero-order chi connectivity index (χ0) is 13.1. The number of aryl methyl sites for hydroxylation is 1. The second-order valence-electron chi connectivity index (χ2n) is 4.34. The van der Waals surface area contributed by atoms with Crippen molar-refractivity contribution in [3.05, 3.63) is 29.3 Å². The number of anilines is 1. The molecule has 96 valence electrons. The van der Waals surface area contributed by atoms with Crippen molar-refractivity contribution in [1.29, 1.82) is 0 Å². The van der Waals surface area contributed by atoms with Crippen LogP contribution in [-0.2, 0) is 10.0 Å². The molecule has 0 bridgehead atoms. The molecule has 1 aromatic carbocycles. The fourth-order valence-electron chi connectivity index (χ4n) is 1.64. The Hall–Kier alpha value is -1.07. The SMILES string of the molecule is Cc1cccc(C(C)C)c1NS(=O)(=O)CCO. The lowest BCUT2D eigenvalue weighted by atomic mass is 9.99. The van der Waals surface area contributed by atoms with Crippen LogP contribution < -0.4 is 4.72 Å². The van der Waals surface area contributed by atoms with Crippen molar-refractivity contribution in [2.45, 2.75) is 26.7 Å². The van der Waals surface area contributed by atoms with E-state index in [0.29, 0.717) is 5.69 Å². The monoisotopic (exact) mass is 257 g/mol. The number of nitrogens with one attached hydrogen (secondary N) is 1. The summed E-state index contributed by atoms with van der Waals surface area (Å²) in [5.74, 6) is -0.0412. The van der Waals surface area contributed by atoms with Crippen LogP contribution in [0.1, 0.15) is 30.9 Å². The molecular formula is C12H19NO3S. The summed E-state index contributed by atoms with van der Waals surface area (Å²) in [5, 5.41) is 8.71. The molecule has 17 heavy (non-hydrogen) atoms. The van der Waals surface area contributed by atoms with Crippen molar-refractivity contribution >= 4 is 15.7 Å². The van der Waals surface area contributed by atoms with Gasteiger partial charge in [0, 0.05) is 0 Å². The standard InChI is InChI=1S/C12H19NO3S/c1-9(2)11-6-4-5-10(3)12(11)13-17(15,16)8-7-14/h4-6,9,13-14H,7-8H2,1-3H3. The number of para-hydroxylation sites is 1. The van der Waals surface area contributed by atoms with Crippen LogP contribution in [-0.4, -0.2) is 25.9 Å². The number of sulfonamides is 1. The largest absolute Gasteiger partial charge is 0.395 e. The maximum atomic E-state index is 11.7. The van der Waals surface area contributed by atoms with Gasteiger partial charge < -0.3 is 5.11 Å². The molecule has 0 fully saturated rings. The molecule has 1 aromatic rings. The minimum Gasteiger partial charge on any atom is -0.395 e. The average molecular weight is 257 g/mol. The molecule has 0 amide bonds. The minimum atomic E-state index is -3.46. The molecule has 2 N–H and O–H groups in total. The third-order valence-corrected chi connectivity index (χ3v) is 3.78. The topological polar surface area (TPSA) is 66.4 Å². The summed E-state index contributed by atoms with van der Waals surface area (Å²) in [5.41, 5.74) is 2.49. The second kappa shape index (κ2) is 5.51. The fourth-order valence-corrected chi connectivity index (χ4v) is 2.57. The smallest absolute Gasteiger partial charge is 0.235 e. The van der Waals surface area contributed by atoms with Gasteiger partial charge in [0.15, 0.2) is 0 Å². The Morgan fingerprint density at radius 1 is 1.35 bits per heavy atom. The van der Waals surface area contributed by atoms with Crippen LogP contribution in [0.15, 0.2) is 18.2 Å². The Bertz CT molecular complexity index is 481. The van der Waals surface area contributed by atoms with E-state index in [1.807, 2.05) is 39.0 Å². The van der Waals surface area contributed by atoms with Crippen molar-refractivity contribution < 1.29 is 13.5 Å². The molecule has 0 atom stereocenters. The Kier molecular flexibility index (Phi) is 4.54. The Morgan fingerprint density at radius 2 is 2.00 bits per heavy atom. The zero-order valence-electron chi connectivity index (χ0n) is 10.4. The van der Waals surface area contributed by atoms with Gasteiger partial charge in [-0.1, -0.05) is 32.0 Å². The molecule has 1 rings (SSSR count). The van der Waals surface area contributed by atoms with Crippen LogP contribution in [0.2, 0.25) is 0 Å². The van der Waals surface area contributed by atoms with Gasteiger partial charge in [-0.2, -0.15) is 0 Å². The first-order chi connectivity index (χ1) is 7.87. The van der Waals surface area contributed by atoms with E-state index in [0.717, 1.165) is 11.1 Å². The summed E-state index contributed by atoms with van der Waals surface area (Å²) >= 11 is 0. The van der Waals surface area contributed by atoms with Crippen molar-refractivity contribution in [1.82, 2.24) is 0 Å². The van der Waals surface area contributed by atoms with E-state index in [1.54, 1.807) is 0 Å². The molecule has 0 unspecified atom stereocenters. The van der Waals surface area contributed by atoms with E-state index in [4.69, 9.17) is 5.11 Å². The highest BCUT2D eigenvalue weighted by Gasteiger charge is 2.15. The third-order valence-electron chi connectivity index (χ3n) is 2.54. The Balaban J connectivity index is 3.13. The van der Waals surface area contributed by atoms with E-state index < -0.39 is 10.0 Å². The Labute approximate surface area is 103 Å². The van der Waals surface area contributed by atoms with Gasteiger partial charge >= 0.3 is 0 Å². The molecule has 0 saturated heterocycles. The van der Waals surface area contributed by atoms with Crippen LogP contribution >= 0.6 is 0 Å². The van der Waals surface area contributed by atoms with Gasteiger partial charge in [0.2, 0.25) is 10.0 Å². The molecule has 0 radical (unpaired) electrons. The number of hydrogen-bond acceptors (Lipinski definition) is 3. The summed E-state index contributed by atoms with van der Waals surface area (Å²) in [4.78, 5) is 0. The first kappa shape index (κ1) is 14.0. The van der Waals surface area contributed by atoms with Crippen LogP contribution in [0.5, 0.6) is 0 Å². The highest BCUT2D eigenvalue weighted by Crippen LogP contribution is 2.28. The average Bonchev–Trinajstić information content (AvgIpc) is 2.20. The molecule has 0 aliphatic rings. The lowest BCUT2D eigenvalue weighted by molar-refractivity contribution is 0.320. The van der Waals surface area contributed by atoms with Gasteiger partial charge in [0.05, 0.1) is 18.0 Å². The molecular weight excluding hydrogens is 238 g/mol. The molecule has 0 heterocycles. The van der Waals surface area contributed by atoms with E-state index >= 15 is 0 Å². The van der Waals surface area contributed by atoms with Crippen LogP contribution in [0.25, 0.3) is 0 Å². The van der Waals surface area contributed by atoms with Gasteiger partial charge in [-0.05, 0) is 24.0 Å². The molecule has 4 nitrogen and oxygen atoms in total.